The largest absolute Gasteiger partial charge is 0.338 e. The highest BCUT2D eigenvalue weighted by Crippen LogP contribution is 2.17. The van der Waals surface area contributed by atoms with Crippen molar-refractivity contribution in [1.82, 2.24) is 9.97 Å². The van der Waals surface area contributed by atoms with Crippen molar-refractivity contribution in [1.29, 1.82) is 0 Å². The quantitative estimate of drug-likeness (QED) is 0.743. The topological polar surface area (TPSA) is 48.6 Å². The van der Waals surface area contributed by atoms with Crippen molar-refractivity contribution in [3.05, 3.63) is 50.6 Å². The number of hydrogen-bond acceptors (Lipinski definition) is 2. The molecule has 0 bridgehead atoms. The molecule has 0 atom stereocenters. The van der Waals surface area contributed by atoms with E-state index in [1.165, 1.54) is 0 Å². The Kier molecular flexibility index (Phi) is 2.75. The van der Waals surface area contributed by atoms with Crippen LogP contribution in [0.15, 0.2) is 29.2 Å². The third-order valence-corrected chi connectivity index (χ3v) is 2.57. The van der Waals surface area contributed by atoms with Gasteiger partial charge in [0, 0.05) is 6.20 Å². The van der Waals surface area contributed by atoms with Crippen molar-refractivity contribution in [3.63, 3.8) is 0 Å². The molecule has 2 N–H and O–H groups in total. The van der Waals surface area contributed by atoms with Crippen LogP contribution in [0, 0.1) is 18.6 Å². The molecule has 2 aromatic rings. The maximum Gasteiger partial charge on any atom is 0.259 e. The number of hydrogen-bond donors (Lipinski definition) is 2. The van der Waals surface area contributed by atoms with Crippen LogP contribution in [0.3, 0.4) is 0 Å². The van der Waals surface area contributed by atoms with Gasteiger partial charge in [0.1, 0.15) is 0 Å². The molecule has 0 unspecified atom stereocenters. The zero-order valence-electron chi connectivity index (χ0n) is 9.13. The van der Waals surface area contributed by atoms with Crippen LogP contribution in [-0.4, -0.2) is 9.97 Å². The second-order valence-corrected chi connectivity index (χ2v) is 4.27. The van der Waals surface area contributed by atoms with Gasteiger partial charge >= 0.3 is 0 Å². The van der Waals surface area contributed by atoms with Crippen molar-refractivity contribution in [3.8, 4) is 11.1 Å². The fourth-order valence-corrected chi connectivity index (χ4v) is 1.91. The van der Waals surface area contributed by atoms with Crippen LogP contribution in [0.25, 0.3) is 11.1 Å². The summed E-state index contributed by atoms with van der Waals surface area (Å²) >= 11 is 4.85. The molecule has 0 aliphatic heterocycles. The van der Waals surface area contributed by atoms with Gasteiger partial charge in [-0.05, 0) is 31.6 Å². The number of nitrogens with one attached hydrogen (secondary N) is 2. The number of aromatic nitrogens is 2. The lowest BCUT2D eigenvalue weighted by Gasteiger charge is -2.03. The molecular weight excluding hydrogens is 220 g/mol. The number of benzene rings is 1. The molecule has 0 saturated carbocycles. The first-order chi connectivity index (χ1) is 7.56. The highest BCUT2D eigenvalue weighted by atomic mass is 32.1. The van der Waals surface area contributed by atoms with Gasteiger partial charge in [-0.25, -0.2) is 0 Å². The molecule has 0 amide bonds. The Bertz CT molecular complexity index is 620. The summed E-state index contributed by atoms with van der Waals surface area (Å²) in [6.07, 6.45) is 1.65. The van der Waals surface area contributed by atoms with E-state index >= 15 is 0 Å². The lowest BCUT2D eigenvalue weighted by Crippen LogP contribution is -2.09. The average Bonchev–Trinajstić information content (AvgIpc) is 2.15. The minimum Gasteiger partial charge on any atom is -0.338 e. The Labute approximate surface area is 98.2 Å². The van der Waals surface area contributed by atoms with Crippen molar-refractivity contribution in [2.24, 2.45) is 0 Å². The van der Waals surface area contributed by atoms with E-state index in [4.69, 9.17) is 12.2 Å². The number of aryl methyl sites for hydroxylation is 2. The SMILES string of the molecule is Cc1cc(C)cc(-c2c[nH]c(=S)[nH]c2=O)c1. The summed E-state index contributed by atoms with van der Waals surface area (Å²) in [5.41, 5.74) is 3.63. The molecule has 82 valence electrons. The first-order valence-electron chi connectivity index (χ1n) is 4.97. The lowest BCUT2D eigenvalue weighted by molar-refractivity contribution is 1.09. The predicted octanol–water partition coefficient (Wildman–Crippen LogP) is 2.72. The minimum absolute atomic E-state index is 0.159. The van der Waals surface area contributed by atoms with E-state index in [2.05, 4.69) is 16.0 Å². The van der Waals surface area contributed by atoms with Crippen LogP contribution in [-0.2, 0) is 0 Å². The van der Waals surface area contributed by atoms with Crippen LogP contribution in [0.2, 0.25) is 0 Å². The zero-order valence-corrected chi connectivity index (χ0v) is 9.94. The molecule has 0 aliphatic carbocycles. The second kappa shape index (κ2) is 4.06. The monoisotopic (exact) mass is 232 g/mol. The summed E-state index contributed by atoms with van der Waals surface area (Å²) in [6, 6.07) is 6.03. The maximum absolute atomic E-state index is 11.7. The molecule has 1 heterocycles. The molecule has 0 spiro atoms. The van der Waals surface area contributed by atoms with E-state index in [9.17, 15) is 4.79 Å². The van der Waals surface area contributed by atoms with Crippen LogP contribution < -0.4 is 5.56 Å². The van der Waals surface area contributed by atoms with Crippen LogP contribution in [0.1, 0.15) is 11.1 Å². The molecule has 1 aromatic carbocycles. The Balaban J connectivity index is 2.67. The molecule has 0 saturated heterocycles. The van der Waals surface area contributed by atoms with Crippen molar-refractivity contribution >= 4 is 12.2 Å². The molecule has 16 heavy (non-hydrogen) atoms. The summed E-state index contributed by atoms with van der Waals surface area (Å²) in [5, 5.41) is 0. The molecular formula is C12H12N2OS. The normalized spacial score (nSPS) is 10.4. The number of rotatable bonds is 1. The van der Waals surface area contributed by atoms with Gasteiger partial charge in [0.25, 0.3) is 5.56 Å². The first kappa shape index (κ1) is 10.8. The fourth-order valence-electron chi connectivity index (χ4n) is 1.75. The molecule has 4 heteroatoms. The molecule has 3 nitrogen and oxygen atoms in total. The molecule has 1 aromatic heterocycles. The third kappa shape index (κ3) is 2.12. The van der Waals surface area contributed by atoms with E-state index in [1.54, 1.807) is 6.20 Å². The van der Waals surface area contributed by atoms with E-state index in [-0.39, 0.29) is 5.56 Å². The van der Waals surface area contributed by atoms with E-state index in [1.807, 2.05) is 26.0 Å². The van der Waals surface area contributed by atoms with Gasteiger partial charge < -0.3 is 4.98 Å². The Hall–Kier alpha value is -1.68. The van der Waals surface area contributed by atoms with Crippen LogP contribution in [0.4, 0.5) is 0 Å². The standard InChI is InChI=1S/C12H12N2OS/c1-7-3-8(2)5-9(4-7)10-6-13-12(16)14-11(10)15/h3-6H,1-2H3,(H2,13,14,15,16). The molecule has 0 aliphatic rings. The van der Waals surface area contributed by atoms with Gasteiger partial charge in [-0.15, -0.1) is 0 Å². The summed E-state index contributed by atoms with van der Waals surface area (Å²) in [4.78, 5) is 17.1. The van der Waals surface area contributed by atoms with E-state index in [0.717, 1.165) is 16.7 Å². The van der Waals surface area contributed by atoms with Gasteiger partial charge in [0.15, 0.2) is 4.77 Å². The molecule has 2 rings (SSSR count). The third-order valence-electron chi connectivity index (χ3n) is 2.35. The van der Waals surface area contributed by atoms with Gasteiger partial charge in [-0.2, -0.15) is 0 Å². The van der Waals surface area contributed by atoms with Crippen molar-refractivity contribution in [2.75, 3.05) is 0 Å². The summed E-state index contributed by atoms with van der Waals surface area (Å²) < 4.78 is 0.345. The summed E-state index contributed by atoms with van der Waals surface area (Å²) in [5.74, 6) is 0. The Morgan fingerprint density at radius 3 is 2.31 bits per heavy atom. The molecule has 0 fully saturated rings. The Morgan fingerprint density at radius 1 is 1.12 bits per heavy atom. The lowest BCUT2D eigenvalue weighted by atomic mass is 10.0. The van der Waals surface area contributed by atoms with Gasteiger partial charge in [0.2, 0.25) is 0 Å². The van der Waals surface area contributed by atoms with Gasteiger partial charge in [-0.1, -0.05) is 29.3 Å². The fraction of sp³-hybridized carbons (Fsp3) is 0.167. The number of aromatic amines is 2. The van der Waals surface area contributed by atoms with E-state index < -0.39 is 0 Å². The van der Waals surface area contributed by atoms with Crippen LogP contribution in [0.5, 0.6) is 0 Å². The summed E-state index contributed by atoms with van der Waals surface area (Å²) in [6.45, 7) is 4.02. The first-order valence-corrected chi connectivity index (χ1v) is 5.38. The van der Waals surface area contributed by atoms with Crippen molar-refractivity contribution < 1.29 is 0 Å². The van der Waals surface area contributed by atoms with Gasteiger partial charge in [-0.3, -0.25) is 9.78 Å². The summed E-state index contributed by atoms with van der Waals surface area (Å²) in [7, 11) is 0. The Morgan fingerprint density at radius 2 is 1.75 bits per heavy atom. The zero-order chi connectivity index (χ0) is 11.7. The van der Waals surface area contributed by atoms with E-state index in [0.29, 0.717) is 10.3 Å². The van der Waals surface area contributed by atoms with Crippen molar-refractivity contribution in [2.45, 2.75) is 13.8 Å². The smallest absolute Gasteiger partial charge is 0.259 e. The highest BCUT2D eigenvalue weighted by Gasteiger charge is 2.03. The predicted molar refractivity (Wildman–Crippen MR) is 67.2 cm³/mol. The number of H-pyrrole nitrogens is 2. The average molecular weight is 232 g/mol. The molecule has 0 radical (unpaired) electrons. The van der Waals surface area contributed by atoms with Crippen LogP contribution >= 0.6 is 12.2 Å². The minimum atomic E-state index is -0.159. The highest BCUT2D eigenvalue weighted by molar-refractivity contribution is 7.71. The van der Waals surface area contributed by atoms with Gasteiger partial charge in [0.05, 0.1) is 5.56 Å². The second-order valence-electron chi connectivity index (χ2n) is 3.86. The maximum atomic E-state index is 11.7.